The molecule has 0 spiro atoms. The van der Waals surface area contributed by atoms with Crippen LogP contribution in [0.4, 0.5) is 5.69 Å². The maximum Gasteiger partial charge on any atom is 0.238 e. The average molecular weight is 394 g/mol. The first-order chi connectivity index (χ1) is 14.1. The predicted molar refractivity (Wildman–Crippen MR) is 110 cm³/mol. The Morgan fingerprint density at radius 2 is 1.79 bits per heavy atom. The van der Waals surface area contributed by atoms with E-state index in [1.807, 2.05) is 47.4 Å². The summed E-state index contributed by atoms with van der Waals surface area (Å²) in [6, 6.07) is 13.5. The van der Waals surface area contributed by atoms with Crippen LogP contribution < -0.4 is 15.0 Å². The Kier molecular flexibility index (Phi) is 5.38. The van der Waals surface area contributed by atoms with Crippen LogP contribution in [0.3, 0.4) is 0 Å². The van der Waals surface area contributed by atoms with Crippen LogP contribution in [0.5, 0.6) is 5.75 Å². The summed E-state index contributed by atoms with van der Waals surface area (Å²) in [5, 5.41) is 2.90. The Labute approximate surface area is 170 Å². The minimum atomic E-state index is -0.878. The number of piperazine rings is 1. The maximum atomic E-state index is 13.1. The van der Waals surface area contributed by atoms with Gasteiger partial charge in [0.25, 0.3) is 0 Å². The van der Waals surface area contributed by atoms with Crippen LogP contribution in [0.25, 0.3) is 0 Å². The molecule has 2 aliphatic rings. The van der Waals surface area contributed by atoms with Gasteiger partial charge in [0, 0.05) is 38.1 Å². The standard InChI is InChI=1S/C22H26N4O3/c1-29-19-7-5-18(6-8-19)25-12-14-26(15-13-25)21(28)22(9-10-22)20(27)24-16-17-4-2-3-11-23-17/h2-8,11H,9-10,12-16H2,1H3,(H,24,27). The molecule has 0 unspecified atom stereocenters. The predicted octanol–water partition coefficient (Wildman–Crippen LogP) is 1.84. The molecule has 1 saturated heterocycles. The van der Waals surface area contributed by atoms with Crippen molar-refractivity contribution in [3.05, 3.63) is 54.4 Å². The lowest BCUT2D eigenvalue weighted by atomic mass is 10.0. The first-order valence-corrected chi connectivity index (χ1v) is 9.99. The summed E-state index contributed by atoms with van der Waals surface area (Å²) < 4.78 is 5.21. The van der Waals surface area contributed by atoms with Crippen molar-refractivity contribution in [2.45, 2.75) is 19.4 Å². The van der Waals surface area contributed by atoms with E-state index in [9.17, 15) is 9.59 Å². The van der Waals surface area contributed by atoms with Gasteiger partial charge in [0.1, 0.15) is 11.2 Å². The first-order valence-electron chi connectivity index (χ1n) is 9.99. The number of hydrogen-bond acceptors (Lipinski definition) is 5. The highest BCUT2D eigenvalue weighted by Gasteiger charge is 2.58. The van der Waals surface area contributed by atoms with Gasteiger partial charge in [0.15, 0.2) is 0 Å². The molecule has 1 aliphatic carbocycles. The van der Waals surface area contributed by atoms with E-state index >= 15 is 0 Å². The van der Waals surface area contributed by atoms with Gasteiger partial charge in [-0.2, -0.15) is 0 Å². The lowest BCUT2D eigenvalue weighted by Gasteiger charge is -2.37. The van der Waals surface area contributed by atoms with Crippen molar-refractivity contribution in [3.63, 3.8) is 0 Å². The highest BCUT2D eigenvalue weighted by Crippen LogP contribution is 2.47. The van der Waals surface area contributed by atoms with Crippen molar-refractivity contribution in [1.82, 2.24) is 15.2 Å². The molecule has 7 nitrogen and oxygen atoms in total. The first kappa shape index (κ1) is 19.2. The lowest BCUT2D eigenvalue weighted by Crippen LogP contribution is -2.53. The van der Waals surface area contributed by atoms with Crippen LogP contribution >= 0.6 is 0 Å². The second-order valence-electron chi connectivity index (χ2n) is 7.56. The number of nitrogens with zero attached hydrogens (tertiary/aromatic N) is 3. The minimum absolute atomic E-state index is 0.0367. The number of nitrogens with one attached hydrogen (secondary N) is 1. The number of aromatic nitrogens is 1. The Morgan fingerprint density at radius 3 is 2.38 bits per heavy atom. The summed E-state index contributed by atoms with van der Waals surface area (Å²) >= 11 is 0. The third kappa shape index (κ3) is 4.04. The molecular weight excluding hydrogens is 368 g/mol. The molecule has 0 bridgehead atoms. The number of methoxy groups -OCH3 is 1. The fraction of sp³-hybridized carbons (Fsp3) is 0.409. The topological polar surface area (TPSA) is 74.8 Å². The SMILES string of the molecule is COc1ccc(N2CCN(C(=O)C3(C(=O)NCc4ccccn4)CC3)CC2)cc1. The van der Waals surface area contributed by atoms with Crippen molar-refractivity contribution in [3.8, 4) is 5.75 Å². The fourth-order valence-electron chi connectivity index (χ4n) is 3.77. The van der Waals surface area contributed by atoms with Gasteiger partial charge < -0.3 is 19.9 Å². The molecule has 0 atom stereocenters. The zero-order chi connectivity index (χ0) is 20.3. The van der Waals surface area contributed by atoms with E-state index in [0.29, 0.717) is 32.5 Å². The Balaban J connectivity index is 1.32. The second kappa shape index (κ2) is 8.11. The van der Waals surface area contributed by atoms with Crippen molar-refractivity contribution in [2.75, 3.05) is 38.2 Å². The van der Waals surface area contributed by atoms with E-state index in [-0.39, 0.29) is 11.8 Å². The van der Waals surface area contributed by atoms with Gasteiger partial charge in [-0.05, 0) is 49.2 Å². The van der Waals surface area contributed by atoms with Gasteiger partial charge in [-0.3, -0.25) is 14.6 Å². The fourth-order valence-corrected chi connectivity index (χ4v) is 3.77. The second-order valence-corrected chi connectivity index (χ2v) is 7.56. The summed E-state index contributed by atoms with van der Waals surface area (Å²) in [6.07, 6.45) is 2.94. The number of hydrogen-bond donors (Lipinski definition) is 1. The molecule has 1 saturated carbocycles. The zero-order valence-corrected chi connectivity index (χ0v) is 16.6. The van der Waals surface area contributed by atoms with E-state index < -0.39 is 5.41 Å². The van der Waals surface area contributed by atoms with Gasteiger partial charge in [0.2, 0.25) is 11.8 Å². The molecule has 4 rings (SSSR count). The average Bonchev–Trinajstić information content (AvgIpc) is 3.60. The highest BCUT2D eigenvalue weighted by atomic mass is 16.5. The van der Waals surface area contributed by atoms with Gasteiger partial charge in [0.05, 0.1) is 19.3 Å². The molecule has 2 amide bonds. The molecule has 1 aromatic carbocycles. The molecule has 1 aliphatic heterocycles. The zero-order valence-electron chi connectivity index (χ0n) is 16.6. The largest absolute Gasteiger partial charge is 0.497 e. The lowest BCUT2D eigenvalue weighted by molar-refractivity contribution is -0.144. The number of rotatable bonds is 6. The molecule has 2 fully saturated rings. The van der Waals surface area contributed by atoms with Crippen molar-refractivity contribution in [1.29, 1.82) is 0 Å². The normalized spacial score (nSPS) is 17.6. The Morgan fingerprint density at radius 1 is 1.07 bits per heavy atom. The van der Waals surface area contributed by atoms with Crippen LogP contribution in [0, 0.1) is 5.41 Å². The van der Waals surface area contributed by atoms with Gasteiger partial charge >= 0.3 is 0 Å². The van der Waals surface area contributed by atoms with Gasteiger partial charge in [-0.1, -0.05) is 6.07 Å². The van der Waals surface area contributed by atoms with E-state index in [1.54, 1.807) is 13.3 Å². The van der Waals surface area contributed by atoms with E-state index in [4.69, 9.17) is 4.74 Å². The number of ether oxygens (including phenoxy) is 1. The number of carbonyl (C=O) groups is 2. The van der Waals surface area contributed by atoms with E-state index in [0.717, 1.165) is 30.2 Å². The molecule has 2 heterocycles. The maximum absolute atomic E-state index is 13.1. The molecule has 29 heavy (non-hydrogen) atoms. The Bertz CT molecular complexity index is 857. The van der Waals surface area contributed by atoms with E-state index in [2.05, 4.69) is 15.2 Å². The number of amides is 2. The molecule has 1 aromatic heterocycles. The molecular formula is C22H26N4O3. The molecule has 152 valence electrons. The Hall–Kier alpha value is -3.09. The van der Waals surface area contributed by atoms with Crippen LogP contribution in [-0.4, -0.2) is 55.0 Å². The third-order valence-corrected chi connectivity index (χ3v) is 5.75. The van der Waals surface area contributed by atoms with Crippen molar-refractivity contribution in [2.24, 2.45) is 5.41 Å². The van der Waals surface area contributed by atoms with Crippen molar-refractivity contribution >= 4 is 17.5 Å². The molecule has 0 radical (unpaired) electrons. The summed E-state index contributed by atoms with van der Waals surface area (Å²) in [6.45, 7) is 3.10. The highest BCUT2D eigenvalue weighted by molar-refractivity contribution is 6.07. The van der Waals surface area contributed by atoms with Gasteiger partial charge in [-0.15, -0.1) is 0 Å². The summed E-state index contributed by atoms with van der Waals surface area (Å²) in [7, 11) is 1.65. The van der Waals surface area contributed by atoms with Crippen molar-refractivity contribution < 1.29 is 14.3 Å². The summed E-state index contributed by atoms with van der Waals surface area (Å²) in [4.78, 5) is 34.1. The molecule has 2 aromatic rings. The summed E-state index contributed by atoms with van der Waals surface area (Å²) in [5.41, 5.74) is 1.03. The van der Waals surface area contributed by atoms with E-state index in [1.165, 1.54) is 0 Å². The quantitative estimate of drug-likeness (QED) is 0.757. The monoisotopic (exact) mass is 394 g/mol. The van der Waals surface area contributed by atoms with Gasteiger partial charge in [-0.25, -0.2) is 0 Å². The molecule has 1 N–H and O–H groups in total. The summed E-state index contributed by atoms with van der Waals surface area (Å²) in [5.74, 6) is 0.617. The number of carbonyl (C=O) groups excluding carboxylic acids is 2. The number of anilines is 1. The third-order valence-electron chi connectivity index (χ3n) is 5.75. The van der Waals surface area contributed by atoms with Crippen LogP contribution in [0.15, 0.2) is 48.7 Å². The number of benzene rings is 1. The minimum Gasteiger partial charge on any atom is -0.497 e. The molecule has 7 heteroatoms. The smallest absolute Gasteiger partial charge is 0.238 e. The van der Waals surface area contributed by atoms with Crippen LogP contribution in [0.1, 0.15) is 18.5 Å². The van der Waals surface area contributed by atoms with Crippen LogP contribution in [-0.2, 0) is 16.1 Å². The van der Waals surface area contributed by atoms with Crippen LogP contribution in [0.2, 0.25) is 0 Å². The number of pyridine rings is 1.